The number of nitrogens with zero attached hydrogens (tertiary/aromatic N) is 3. The summed E-state index contributed by atoms with van der Waals surface area (Å²) in [6.07, 6.45) is 0. The maximum absolute atomic E-state index is 6.47. The van der Waals surface area contributed by atoms with Crippen LogP contribution in [-0.4, -0.2) is 15.0 Å². The van der Waals surface area contributed by atoms with Gasteiger partial charge in [-0.15, -0.1) is 0 Å². The largest absolute Gasteiger partial charge is 0.456 e. The summed E-state index contributed by atoms with van der Waals surface area (Å²) in [6, 6.07) is 57.8. The lowest BCUT2D eigenvalue weighted by Gasteiger charge is -2.21. The molecule has 0 radical (unpaired) electrons. The number of furan rings is 1. The standard InChI is InChI=1S/C50H33N3O/c1-50(2)42-21-11-10-19-37(42)40-28-33(23-26-43(40)50)48-51-47(30-13-4-3-5-14-30)52-49(53-48)39-25-24-36(34-17-8-9-18-35(34)39)38-20-12-22-44-46(38)41-27-31-15-6-7-16-32(31)29-45(41)54-44/h3-29H,1-2H3. The summed E-state index contributed by atoms with van der Waals surface area (Å²) < 4.78 is 6.47. The fraction of sp³-hybridized carbons (Fsp3) is 0.0600. The van der Waals surface area contributed by atoms with Gasteiger partial charge >= 0.3 is 0 Å². The van der Waals surface area contributed by atoms with Gasteiger partial charge < -0.3 is 4.42 Å². The van der Waals surface area contributed by atoms with Crippen molar-refractivity contribution in [3.05, 3.63) is 175 Å². The molecule has 2 heterocycles. The SMILES string of the molecule is CC1(C)c2ccccc2-c2cc(-c3nc(-c4ccccc4)nc(-c4ccc(-c5cccc6oc7cc8ccccc8cc7c56)c5ccccc45)n3)ccc21. The average Bonchev–Trinajstić information content (AvgIpc) is 3.70. The third kappa shape index (κ3) is 4.60. The van der Waals surface area contributed by atoms with Crippen LogP contribution in [0.25, 0.3) is 99.9 Å². The Balaban J connectivity index is 1.11. The summed E-state index contributed by atoms with van der Waals surface area (Å²) in [5.74, 6) is 1.94. The maximum atomic E-state index is 6.47. The Morgan fingerprint density at radius 2 is 1.02 bits per heavy atom. The topological polar surface area (TPSA) is 51.8 Å². The van der Waals surface area contributed by atoms with Crippen molar-refractivity contribution in [1.82, 2.24) is 15.0 Å². The number of fused-ring (bicyclic) bond motifs is 8. The molecule has 8 aromatic carbocycles. The molecule has 0 unspecified atom stereocenters. The van der Waals surface area contributed by atoms with Gasteiger partial charge in [0, 0.05) is 32.9 Å². The minimum Gasteiger partial charge on any atom is -0.456 e. The highest BCUT2D eigenvalue weighted by Gasteiger charge is 2.35. The van der Waals surface area contributed by atoms with Gasteiger partial charge in [0.05, 0.1) is 0 Å². The molecular weight excluding hydrogens is 659 g/mol. The molecule has 0 fully saturated rings. The van der Waals surface area contributed by atoms with Gasteiger partial charge in [-0.1, -0.05) is 147 Å². The smallest absolute Gasteiger partial charge is 0.164 e. The van der Waals surface area contributed by atoms with Crippen LogP contribution in [0.4, 0.5) is 0 Å². The number of hydrogen-bond acceptors (Lipinski definition) is 4. The van der Waals surface area contributed by atoms with Gasteiger partial charge in [-0.05, 0) is 85.3 Å². The van der Waals surface area contributed by atoms with Gasteiger partial charge in [-0.3, -0.25) is 0 Å². The molecule has 254 valence electrons. The molecular formula is C50H33N3O. The van der Waals surface area contributed by atoms with E-state index in [1.165, 1.54) is 33.0 Å². The van der Waals surface area contributed by atoms with Crippen LogP contribution in [0.1, 0.15) is 25.0 Å². The predicted octanol–water partition coefficient (Wildman–Crippen LogP) is 13.1. The molecule has 10 aromatic rings. The van der Waals surface area contributed by atoms with Crippen LogP contribution >= 0.6 is 0 Å². The number of hydrogen-bond donors (Lipinski definition) is 0. The zero-order chi connectivity index (χ0) is 36.0. The van der Waals surface area contributed by atoms with Crippen molar-refractivity contribution in [2.24, 2.45) is 0 Å². The predicted molar refractivity (Wildman–Crippen MR) is 221 cm³/mol. The number of aromatic nitrogens is 3. The lowest BCUT2D eigenvalue weighted by molar-refractivity contribution is 0.660. The van der Waals surface area contributed by atoms with Gasteiger partial charge in [0.25, 0.3) is 0 Å². The van der Waals surface area contributed by atoms with Crippen LogP contribution < -0.4 is 0 Å². The summed E-state index contributed by atoms with van der Waals surface area (Å²) in [5, 5.41) is 6.79. The third-order valence-corrected chi connectivity index (χ3v) is 11.3. The molecule has 0 spiro atoms. The lowest BCUT2D eigenvalue weighted by atomic mass is 9.82. The minimum atomic E-state index is -0.0779. The van der Waals surface area contributed by atoms with Gasteiger partial charge in [0.15, 0.2) is 17.5 Å². The van der Waals surface area contributed by atoms with Crippen LogP contribution in [0.5, 0.6) is 0 Å². The summed E-state index contributed by atoms with van der Waals surface area (Å²) in [5.41, 5.74) is 12.0. The molecule has 0 N–H and O–H groups in total. The fourth-order valence-electron chi connectivity index (χ4n) is 8.67. The molecule has 4 heteroatoms. The second-order valence-corrected chi connectivity index (χ2v) is 14.8. The molecule has 4 nitrogen and oxygen atoms in total. The first-order chi connectivity index (χ1) is 26.5. The Labute approximate surface area is 312 Å². The maximum Gasteiger partial charge on any atom is 0.164 e. The molecule has 1 aliphatic rings. The van der Waals surface area contributed by atoms with E-state index in [0.29, 0.717) is 17.5 Å². The van der Waals surface area contributed by atoms with Crippen molar-refractivity contribution in [2.45, 2.75) is 19.3 Å². The monoisotopic (exact) mass is 691 g/mol. The normalized spacial score (nSPS) is 13.1. The van der Waals surface area contributed by atoms with Crippen molar-refractivity contribution in [3.63, 3.8) is 0 Å². The van der Waals surface area contributed by atoms with Crippen LogP contribution in [-0.2, 0) is 5.41 Å². The first-order valence-electron chi connectivity index (χ1n) is 18.4. The number of rotatable bonds is 4. The van der Waals surface area contributed by atoms with Crippen LogP contribution in [0.2, 0.25) is 0 Å². The quantitative estimate of drug-likeness (QED) is 0.184. The Bertz CT molecular complexity index is 3140. The van der Waals surface area contributed by atoms with Gasteiger partial charge in [0.1, 0.15) is 11.2 Å². The van der Waals surface area contributed by atoms with E-state index in [1.54, 1.807) is 0 Å². The minimum absolute atomic E-state index is 0.0779. The molecule has 0 aliphatic heterocycles. The van der Waals surface area contributed by atoms with E-state index in [2.05, 4.69) is 159 Å². The first-order valence-corrected chi connectivity index (χ1v) is 18.4. The molecule has 0 bridgehead atoms. The summed E-state index contributed by atoms with van der Waals surface area (Å²) in [7, 11) is 0. The van der Waals surface area contributed by atoms with Crippen molar-refractivity contribution < 1.29 is 4.42 Å². The Kier molecular flexibility index (Phi) is 6.56. The Morgan fingerprint density at radius 3 is 1.85 bits per heavy atom. The van der Waals surface area contributed by atoms with Gasteiger partial charge in [0.2, 0.25) is 0 Å². The molecule has 0 atom stereocenters. The molecule has 54 heavy (non-hydrogen) atoms. The van der Waals surface area contributed by atoms with Crippen molar-refractivity contribution in [1.29, 1.82) is 0 Å². The highest BCUT2D eigenvalue weighted by Crippen LogP contribution is 2.49. The second kappa shape index (κ2) is 11.5. The van der Waals surface area contributed by atoms with E-state index in [9.17, 15) is 0 Å². The summed E-state index contributed by atoms with van der Waals surface area (Å²) in [4.78, 5) is 15.5. The number of benzene rings is 8. The average molecular weight is 692 g/mol. The zero-order valence-corrected chi connectivity index (χ0v) is 29.8. The highest BCUT2D eigenvalue weighted by molar-refractivity contribution is 6.18. The Morgan fingerprint density at radius 1 is 0.389 bits per heavy atom. The fourth-order valence-corrected chi connectivity index (χ4v) is 8.67. The molecule has 0 amide bonds. The van der Waals surface area contributed by atoms with Gasteiger partial charge in [-0.2, -0.15) is 0 Å². The van der Waals surface area contributed by atoms with Crippen molar-refractivity contribution >= 4 is 43.5 Å². The van der Waals surface area contributed by atoms with E-state index in [-0.39, 0.29) is 5.41 Å². The van der Waals surface area contributed by atoms with Crippen molar-refractivity contribution in [3.8, 4) is 56.4 Å². The van der Waals surface area contributed by atoms with E-state index >= 15 is 0 Å². The van der Waals surface area contributed by atoms with Gasteiger partial charge in [-0.25, -0.2) is 15.0 Å². The molecule has 0 saturated heterocycles. The highest BCUT2D eigenvalue weighted by atomic mass is 16.3. The lowest BCUT2D eigenvalue weighted by Crippen LogP contribution is -2.14. The molecule has 0 saturated carbocycles. The summed E-state index contributed by atoms with van der Waals surface area (Å²) in [6.45, 7) is 4.61. The van der Waals surface area contributed by atoms with Crippen LogP contribution in [0, 0.1) is 0 Å². The molecule has 11 rings (SSSR count). The third-order valence-electron chi connectivity index (χ3n) is 11.3. The van der Waals surface area contributed by atoms with E-state index in [0.717, 1.165) is 60.5 Å². The molecule has 1 aliphatic carbocycles. The zero-order valence-electron chi connectivity index (χ0n) is 29.8. The van der Waals surface area contributed by atoms with E-state index in [1.807, 2.05) is 18.2 Å². The van der Waals surface area contributed by atoms with E-state index < -0.39 is 0 Å². The second-order valence-electron chi connectivity index (χ2n) is 14.8. The Hall–Kier alpha value is -6.91. The molecule has 2 aromatic heterocycles. The van der Waals surface area contributed by atoms with E-state index in [4.69, 9.17) is 19.4 Å². The van der Waals surface area contributed by atoms with Crippen molar-refractivity contribution in [2.75, 3.05) is 0 Å². The van der Waals surface area contributed by atoms with Crippen LogP contribution in [0.3, 0.4) is 0 Å². The van der Waals surface area contributed by atoms with Crippen LogP contribution in [0.15, 0.2) is 168 Å². The first kappa shape index (κ1) is 30.7. The summed E-state index contributed by atoms with van der Waals surface area (Å²) >= 11 is 0.